The molecule has 0 bridgehead atoms. The number of hydrogen-bond acceptors (Lipinski definition) is 2. The molecule has 0 unspecified atom stereocenters. The van der Waals surface area contributed by atoms with E-state index < -0.39 is 0 Å². The molecule has 3 nitrogen and oxygen atoms in total. The van der Waals surface area contributed by atoms with Crippen molar-refractivity contribution >= 4 is 35.8 Å². The van der Waals surface area contributed by atoms with E-state index in [9.17, 15) is 0 Å². The maximum Gasteiger partial charge on any atom is 0.121 e. The zero-order chi connectivity index (χ0) is 13.1. The third kappa shape index (κ3) is 3.77. The third-order valence-electron chi connectivity index (χ3n) is 2.87. The lowest BCUT2D eigenvalue weighted by molar-refractivity contribution is 0.958. The Hall–Kier alpha value is -1.99. The van der Waals surface area contributed by atoms with E-state index in [1.54, 1.807) is 0 Å². The topological polar surface area (TPSA) is 54.7 Å². The van der Waals surface area contributed by atoms with Gasteiger partial charge in [-0.15, -0.1) is 24.8 Å². The van der Waals surface area contributed by atoms with Gasteiger partial charge >= 0.3 is 0 Å². The molecule has 0 spiro atoms. The van der Waals surface area contributed by atoms with Gasteiger partial charge in [-0.1, -0.05) is 36.1 Å². The van der Waals surface area contributed by atoms with Crippen LogP contribution in [0.15, 0.2) is 48.5 Å². The number of imidazole rings is 1. The van der Waals surface area contributed by atoms with E-state index in [0.29, 0.717) is 6.54 Å². The molecule has 2 aromatic carbocycles. The number of para-hydroxylation sites is 1. The second-order valence-corrected chi connectivity index (χ2v) is 4.21. The lowest BCUT2D eigenvalue weighted by Gasteiger charge is -1.92. The highest BCUT2D eigenvalue weighted by Crippen LogP contribution is 2.15. The Morgan fingerprint density at radius 2 is 1.71 bits per heavy atom. The number of hydrogen-bond donors (Lipinski definition) is 2. The predicted octanol–water partition coefficient (Wildman–Crippen LogP) is 3.27. The lowest BCUT2D eigenvalue weighted by atomic mass is 10.1. The van der Waals surface area contributed by atoms with Crippen molar-refractivity contribution in [1.82, 2.24) is 9.97 Å². The first-order valence-corrected chi connectivity index (χ1v) is 6.11. The van der Waals surface area contributed by atoms with Gasteiger partial charge in [0.1, 0.15) is 11.3 Å². The quantitative estimate of drug-likeness (QED) is 0.676. The van der Waals surface area contributed by atoms with E-state index in [4.69, 9.17) is 5.73 Å². The summed E-state index contributed by atoms with van der Waals surface area (Å²) in [5.41, 5.74) is 9.36. The van der Waals surface area contributed by atoms with Crippen molar-refractivity contribution in [2.75, 3.05) is 0 Å². The molecule has 0 aliphatic heterocycles. The maximum atomic E-state index is 5.60. The van der Waals surface area contributed by atoms with Crippen molar-refractivity contribution in [2.24, 2.45) is 5.73 Å². The van der Waals surface area contributed by atoms with Crippen LogP contribution >= 0.6 is 24.8 Å². The monoisotopic (exact) mass is 319 g/mol. The SMILES string of the molecule is Cl.Cl.NCc1nc2c(C#Cc3ccccc3)cccc2[nH]1. The lowest BCUT2D eigenvalue weighted by Crippen LogP contribution is -1.97. The molecule has 21 heavy (non-hydrogen) atoms. The number of fused-ring (bicyclic) bond motifs is 1. The Morgan fingerprint density at radius 1 is 0.952 bits per heavy atom. The van der Waals surface area contributed by atoms with Crippen molar-refractivity contribution in [3.05, 3.63) is 65.5 Å². The molecule has 0 fully saturated rings. The van der Waals surface area contributed by atoms with Gasteiger partial charge in [0.25, 0.3) is 0 Å². The molecule has 108 valence electrons. The minimum atomic E-state index is 0. The predicted molar refractivity (Wildman–Crippen MR) is 90.9 cm³/mol. The van der Waals surface area contributed by atoms with E-state index in [2.05, 4.69) is 21.8 Å². The summed E-state index contributed by atoms with van der Waals surface area (Å²) in [6, 6.07) is 15.8. The molecule has 1 aromatic heterocycles. The number of halogens is 2. The highest BCUT2D eigenvalue weighted by Gasteiger charge is 2.04. The number of nitrogens with two attached hydrogens (primary N) is 1. The van der Waals surface area contributed by atoms with Crippen molar-refractivity contribution in [3.63, 3.8) is 0 Å². The third-order valence-corrected chi connectivity index (χ3v) is 2.87. The highest BCUT2D eigenvalue weighted by atomic mass is 35.5. The summed E-state index contributed by atoms with van der Waals surface area (Å²) in [5.74, 6) is 7.09. The second kappa shape index (κ2) is 7.70. The summed E-state index contributed by atoms with van der Waals surface area (Å²) in [4.78, 5) is 7.64. The van der Waals surface area contributed by atoms with E-state index in [-0.39, 0.29) is 24.8 Å². The van der Waals surface area contributed by atoms with Gasteiger partial charge < -0.3 is 10.7 Å². The van der Waals surface area contributed by atoms with Gasteiger partial charge in [-0.05, 0) is 24.3 Å². The fourth-order valence-electron chi connectivity index (χ4n) is 1.94. The molecule has 0 saturated heterocycles. The average molecular weight is 320 g/mol. The van der Waals surface area contributed by atoms with Crippen LogP contribution in [0, 0.1) is 11.8 Å². The number of benzene rings is 2. The maximum absolute atomic E-state index is 5.60. The molecule has 0 atom stereocenters. The number of nitrogens with one attached hydrogen (secondary N) is 1. The van der Waals surface area contributed by atoms with Crippen LogP contribution in [0.4, 0.5) is 0 Å². The Labute approximate surface area is 135 Å². The summed E-state index contributed by atoms with van der Waals surface area (Å²) >= 11 is 0. The summed E-state index contributed by atoms with van der Waals surface area (Å²) < 4.78 is 0. The first kappa shape index (κ1) is 17.1. The normalized spacial score (nSPS) is 9.19. The van der Waals surface area contributed by atoms with Crippen LogP contribution < -0.4 is 5.73 Å². The van der Waals surface area contributed by atoms with Crippen LogP contribution in [0.25, 0.3) is 11.0 Å². The van der Waals surface area contributed by atoms with Crippen molar-refractivity contribution in [1.29, 1.82) is 0 Å². The smallest absolute Gasteiger partial charge is 0.121 e. The molecule has 0 amide bonds. The molecule has 5 heteroatoms. The Balaban J connectivity index is 0.00000110. The number of H-pyrrole nitrogens is 1. The van der Waals surface area contributed by atoms with Gasteiger partial charge in [0, 0.05) is 5.56 Å². The highest BCUT2D eigenvalue weighted by molar-refractivity contribution is 5.85. The number of aromatic amines is 1. The van der Waals surface area contributed by atoms with Crippen LogP contribution in [-0.2, 0) is 6.54 Å². The van der Waals surface area contributed by atoms with Crippen LogP contribution in [0.1, 0.15) is 17.0 Å². The number of rotatable bonds is 1. The summed E-state index contributed by atoms with van der Waals surface area (Å²) in [7, 11) is 0. The number of nitrogens with zero attached hydrogens (tertiary/aromatic N) is 1. The van der Waals surface area contributed by atoms with E-state index in [1.807, 2.05) is 48.5 Å². The Morgan fingerprint density at radius 3 is 2.43 bits per heavy atom. The fraction of sp³-hybridized carbons (Fsp3) is 0.0625. The first-order valence-electron chi connectivity index (χ1n) is 6.11. The molecule has 3 rings (SSSR count). The minimum Gasteiger partial charge on any atom is -0.341 e. The number of aromatic nitrogens is 2. The zero-order valence-electron chi connectivity index (χ0n) is 11.2. The molecule has 0 radical (unpaired) electrons. The van der Waals surface area contributed by atoms with Gasteiger partial charge in [0.15, 0.2) is 0 Å². The minimum absolute atomic E-state index is 0. The van der Waals surface area contributed by atoms with Crippen molar-refractivity contribution in [2.45, 2.75) is 6.54 Å². The molecule has 0 aliphatic carbocycles. The summed E-state index contributed by atoms with van der Waals surface area (Å²) in [5, 5.41) is 0. The van der Waals surface area contributed by atoms with Crippen LogP contribution in [0.3, 0.4) is 0 Å². The van der Waals surface area contributed by atoms with Gasteiger partial charge in [-0.25, -0.2) is 4.98 Å². The van der Waals surface area contributed by atoms with Gasteiger partial charge in [-0.3, -0.25) is 0 Å². The molecular weight excluding hydrogens is 305 g/mol. The standard InChI is InChI=1S/C16H13N3.2ClH/c17-11-15-18-14-8-4-7-13(16(14)19-15)10-9-12-5-2-1-3-6-12;;/h1-8H,11,17H2,(H,18,19);2*1H. The van der Waals surface area contributed by atoms with E-state index in [1.165, 1.54) is 0 Å². The van der Waals surface area contributed by atoms with Gasteiger partial charge in [0.05, 0.1) is 17.6 Å². The molecular formula is C16H15Cl2N3. The van der Waals surface area contributed by atoms with Crippen LogP contribution in [0.2, 0.25) is 0 Å². The Bertz CT molecular complexity index is 770. The van der Waals surface area contributed by atoms with Crippen molar-refractivity contribution < 1.29 is 0 Å². The largest absolute Gasteiger partial charge is 0.341 e. The fourth-order valence-corrected chi connectivity index (χ4v) is 1.94. The zero-order valence-corrected chi connectivity index (χ0v) is 12.8. The van der Waals surface area contributed by atoms with Crippen molar-refractivity contribution in [3.8, 4) is 11.8 Å². The van der Waals surface area contributed by atoms with Gasteiger partial charge in [-0.2, -0.15) is 0 Å². The first-order chi connectivity index (χ1) is 9.36. The van der Waals surface area contributed by atoms with E-state index >= 15 is 0 Å². The molecule has 1 heterocycles. The Kier molecular flexibility index (Phi) is 6.26. The molecule has 3 N–H and O–H groups in total. The molecule has 3 aromatic rings. The van der Waals surface area contributed by atoms with Crippen LogP contribution in [-0.4, -0.2) is 9.97 Å². The second-order valence-electron chi connectivity index (χ2n) is 4.21. The van der Waals surface area contributed by atoms with Gasteiger partial charge in [0.2, 0.25) is 0 Å². The summed E-state index contributed by atoms with van der Waals surface area (Å²) in [6.07, 6.45) is 0. The van der Waals surface area contributed by atoms with E-state index in [0.717, 1.165) is 28.0 Å². The summed E-state index contributed by atoms with van der Waals surface area (Å²) in [6.45, 7) is 0.403. The molecule has 0 saturated carbocycles. The molecule has 0 aliphatic rings. The average Bonchev–Trinajstić information content (AvgIpc) is 2.90. The van der Waals surface area contributed by atoms with Crippen LogP contribution in [0.5, 0.6) is 0 Å².